The van der Waals surface area contributed by atoms with Gasteiger partial charge in [0.05, 0.1) is 13.1 Å². The zero-order valence-electron chi connectivity index (χ0n) is 12.3. The molecule has 0 fully saturated rings. The predicted molar refractivity (Wildman–Crippen MR) is 80.1 cm³/mol. The Balaban J connectivity index is 1.83. The average molecular weight is 288 g/mol. The van der Waals surface area contributed by atoms with Gasteiger partial charge < -0.3 is 15.0 Å². The lowest BCUT2D eigenvalue weighted by molar-refractivity contribution is -0.131. The molecule has 1 aliphatic heterocycles. The van der Waals surface area contributed by atoms with Gasteiger partial charge in [-0.05, 0) is 12.1 Å². The lowest BCUT2D eigenvalue weighted by Crippen LogP contribution is -2.42. The van der Waals surface area contributed by atoms with Crippen LogP contribution in [0.15, 0.2) is 36.9 Å². The Labute approximate surface area is 124 Å². The molecule has 21 heavy (non-hydrogen) atoms. The second-order valence-electron chi connectivity index (χ2n) is 5.19. The van der Waals surface area contributed by atoms with Gasteiger partial charge in [0.2, 0.25) is 11.8 Å². The fraction of sp³-hybridized carbons (Fsp3) is 0.375. The molecular formula is C16H20N2O3. The number of hydrogen-bond acceptors (Lipinski definition) is 3. The molecule has 1 aromatic rings. The van der Waals surface area contributed by atoms with Crippen molar-refractivity contribution in [1.29, 1.82) is 0 Å². The summed E-state index contributed by atoms with van der Waals surface area (Å²) in [6, 6.07) is 7.89. The van der Waals surface area contributed by atoms with Crippen molar-refractivity contribution in [3.8, 4) is 5.75 Å². The van der Waals surface area contributed by atoms with Crippen LogP contribution in [-0.4, -0.2) is 43.0 Å². The van der Waals surface area contributed by atoms with E-state index in [9.17, 15) is 9.59 Å². The van der Waals surface area contributed by atoms with E-state index in [1.807, 2.05) is 24.3 Å². The molecular weight excluding hydrogens is 268 g/mol. The van der Waals surface area contributed by atoms with E-state index in [0.29, 0.717) is 6.54 Å². The van der Waals surface area contributed by atoms with Gasteiger partial charge in [0.25, 0.3) is 0 Å². The number of hydrogen-bond donors (Lipinski definition) is 1. The second-order valence-corrected chi connectivity index (χ2v) is 5.19. The first-order valence-electron chi connectivity index (χ1n) is 6.92. The number of rotatable bonds is 5. The number of nitrogens with one attached hydrogen (secondary N) is 1. The highest BCUT2D eigenvalue weighted by molar-refractivity contribution is 5.90. The number of amides is 2. The third-order valence-corrected chi connectivity index (χ3v) is 3.68. The van der Waals surface area contributed by atoms with Crippen LogP contribution in [-0.2, 0) is 9.59 Å². The highest BCUT2D eigenvalue weighted by Crippen LogP contribution is 2.37. The van der Waals surface area contributed by atoms with Gasteiger partial charge in [-0.2, -0.15) is 0 Å². The van der Waals surface area contributed by atoms with Crippen molar-refractivity contribution in [3.63, 3.8) is 0 Å². The molecule has 0 spiro atoms. The Bertz CT molecular complexity index is 556. The summed E-state index contributed by atoms with van der Waals surface area (Å²) in [5, 5.41) is 2.81. The van der Waals surface area contributed by atoms with Crippen LogP contribution in [0.5, 0.6) is 5.75 Å². The summed E-state index contributed by atoms with van der Waals surface area (Å²) < 4.78 is 5.83. The molecule has 2 atom stereocenters. The zero-order valence-corrected chi connectivity index (χ0v) is 12.3. The molecule has 0 bridgehead atoms. The molecule has 1 aromatic carbocycles. The Hall–Kier alpha value is -2.30. The SMILES string of the molecule is C=CC(=O)N(C)CC(=O)NC[C@@H]1Oc2ccccc2[C@@H]1C. The quantitative estimate of drug-likeness (QED) is 0.831. The molecule has 0 aliphatic carbocycles. The Morgan fingerprint density at radius 2 is 2.14 bits per heavy atom. The summed E-state index contributed by atoms with van der Waals surface area (Å²) >= 11 is 0. The first kappa shape index (κ1) is 15.1. The number of likely N-dealkylation sites (N-methyl/N-ethyl adjacent to an activating group) is 1. The van der Waals surface area contributed by atoms with Crippen LogP contribution in [0.1, 0.15) is 18.4 Å². The van der Waals surface area contributed by atoms with Crippen LogP contribution in [0, 0.1) is 0 Å². The molecule has 1 N–H and O–H groups in total. The maximum absolute atomic E-state index is 11.8. The maximum atomic E-state index is 11.8. The van der Waals surface area contributed by atoms with Gasteiger partial charge in [-0.3, -0.25) is 9.59 Å². The van der Waals surface area contributed by atoms with Gasteiger partial charge in [0.15, 0.2) is 0 Å². The molecule has 0 saturated carbocycles. The van der Waals surface area contributed by atoms with E-state index >= 15 is 0 Å². The van der Waals surface area contributed by atoms with Gasteiger partial charge in [-0.1, -0.05) is 31.7 Å². The number of benzene rings is 1. The van der Waals surface area contributed by atoms with E-state index in [1.54, 1.807) is 7.05 Å². The minimum absolute atomic E-state index is 0.0128. The van der Waals surface area contributed by atoms with E-state index in [2.05, 4.69) is 18.8 Å². The van der Waals surface area contributed by atoms with Crippen molar-refractivity contribution in [2.24, 2.45) is 0 Å². The largest absolute Gasteiger partial charge is 0.488 e. The molecule has 5 heteroatoms. The first-order valence-corrected chi connectivity index (χ1v) is 6.92. The zero-order chi connectivity index (χ0) is 15.4. The van der Waals surface area contributed by atoms with Gasteiger partial charge in [0, 0.05) is 18.5 Å². The molecule has 0 radical (unpaired) electrons. The Kier molecular flexibility index (Phi) is 4.62. The average Bonchev–Trinajstić information content (AvgIpc) is 2.81. The summed E-state index contributed by atoms with van der Waals surface area (Å²) in [6.45, 7) is 5.90. The molecule has 2 rings (SSSR count). The van der Waals surface area contributed by atoms with E-state index in [0.717, 1.165) is 11.3 Å². The molecule has 1 aliphatic rings. The minimum atomic E-state index is -0.275. The summed E-state index contributed by atoms with van der Waals surface area (Å²) in [4.78, 5) is 24.4. The number of para-hydroxylation sites is 1. The number of nitrogens with zero attached hydrogens (tertiary/aromatic N) is 1. The normalized spacial score (nSPS) is 19.3. The van der Waals surface area contributed by atoms with Crippen LogP contribution < -0.4 is 10.1 Å². The van der Waals surface area contributed by atoms with Crippen LogP contribution in [0.25, 0.3) is 0 Å². The van der Waals surface area contributed by atoms with Gasteiger partial charge >= 0.3 is 0 Å². The topological polar surface area (TPSA) is 58.6 Å². The van der Waals surface area contributed by atoms with E-state index in [4.69, 9.17) is 4.74 Å². The summed E-state index contributed by atoms with van der Waals surface area (Å²) in [5.41, 5.74) is 1.16. The van der Waals surface area contributed by atoms with Crippen LogP contribution in [0.3, 0.4) is 0 Å². The minimum Gasteiger partial charge on any atom is -0.488 e. The van der Waals surface area contributed by atoms with Crippen molar-refractivity contribution in [2.75, 3.05) is 20.1 Å². The Morgan fingerprint density at radius 3 is 2.81 bits per heavy atom. The fourth-order valence-corrected chi connectivity index (χ4v) is 2.37. The lowest BCUT2D eigenvalue weighted by atomic mass is 9.98. The second kappa shape index (κ2) is 6.43. The van der Waals surface area contributed by atoms with Gasteiger partial charge in [-0.25, -0.2) is 0 Å². The first-order chi connectivity index (χ1) is 10.0. The molecule has 0 saturated heterocycles. The molecule has 112 valence electrons. The summed E-state index contributed by atoms with van der Waals surface area (Å²) in [7, 11) is 1.56. The van der Waals surface area contributed by atoms with Crippen molar-refractivity contribution < 1.29 is 14.3 Å². The van der Waals surface area contributed by atoms with Gasteiger partial charge in [-0.15, -0.1) is 0 Å². The van der Waals surface area contributed by atoms with Crippen molar-refractivity contribution >= 4 is 11.8 Å². The maximum Gasteiger partial charge on any atom is 0.246 e. The van der Waals surface area contributed by atoms with E-state index < -0.39 is 0 Å². The molecule has 0 unspecified atom stereocenters. The Morgan fingerprint density at radius 1 is 1.43 bits per heavy atom. The molecule has 0 aromatic heterocycles. The van der Waals surface area contributed by atoms with Crippen LogP contribution in [0.4, 0.5) is 0 Å². The standard InChI is InChI=1S/C16H20N2O3/c1-4-16(20)18(3)10-15(19)17-9-14-11(2)12-7-5-6-8-13(12)21-14/h4-8,11,14H,1,9-10H2,2-3H3,(H,17,19)/t11-,14-/m0/s1. The van der Waals surface area contributed by atoms with E-state index in [1.165, 1.54) is 11.0 Å². The van der Waals surface area contributed by atoms with Crippen LogP contribution in [0.2, 0.25) is 0 Å². The monoisotopic (exact) mass is 288 g/mol. The third-order valence-electron chi connectivity index (χ3n) is 3.68. The smallest absolute Gasteiger partial charge is 0.246 e. The molecule has 1 heterocycles. The number of carbonyl (C=O) groups is 2. The third kappa shape index (κ3) is 3.42. The highest BCUT2D eigenvalue weighted by Gasteiger charge is 2.30. The van der Waals surface area contributed by atoms with Gasteiger partial charge in [0.1, 0.15) is 11.9 Å². The molecule has 2 amide bonds. The van der Waals surface area contributed by atoms with Crippen molar-refractivity contribution in [3.05, 3.63) is 42.5 Å². The lowest BCUT2D eigenvalue weighted by Gasteiger charge is -2.18. The number of fused-ring (bicyclic) bond motifs is 1. The summed E-state index contributed by atoms with van der Waals surface area (Å²) in [5.74, 6) is 0.625. The fourth-order valence-electron chi connectivity index (χ4n) is 2.37. The summed E-state index contributed by atoms with van der Waals surface area (Å²) in [6.07, 6.45) is 1.11. The van der Waals surface area contributed by atoms with E-state index in [-0.39, 0.29) is 30.4 Å². The van der Waals surface area contributed by atoms with Crippen molar-refractivity contribution in [2.45, 2.75) is 18.9 Å². The number of carbonyl (C=O) groups excluding carboxylic acids is 2. The molecule has 5 nitrogen and oxygen atoms in total. The predicted octanol–water partition coefficient (Wildman–Crippen LogP) is 1.31. The highest BCUT2D eigenvalue weighted by atomic mass is 16.5. The number of ether oxygens (including phenoxy) is 1. The van der Waals surface area contributed by atoms with Crippen LogP contribution >= 0.6 is 0 Å². The van der Waals surface area contributed by atoms with Crippen molar-refractivity contribution in [1.82, 2.24) is 10.2 Å².